The maximum atomic E-state index is 12.6. The van der Waals surface area contributed by atoms with Gasteiger partial charge in [0.25, 0.3) is 5.91 Å². The van der Waals surface area contributed by atoms with Crippen molar-refractivity contribution in [3.63, 3.8) is 0 Å². The molecular weight excluding hydrogens is 452 g/mol. The van der Waals surface area contributed by atoms with Crippen LogP contribution in [0.15, 0.2) is 114 Å². The van der Waals surface area contributed by atoms with Crippen LogP contribution in [0.25, 0.3) is 10.9 Å². The van der Waals surface area contributed by atoms with E-state index in [1.165, 1.54) is 11.1 Å². The largest absolute Gasteiger partial charge is 0.350 e. The Bertz CT molecular complexity index is 1310. The zero-order valence-corrected chi connectivity index (χ0v) is 20.0. The summed E-state index contributed by atoms with van der Waals surface area (Å²) in [7, 11) is 0. The molecule has 0 atom stereocenters. The fourth-order valence-electron chi connectivity index (χ4n) is 3.88. The number of hydrogen-bond donors (Lipinski definition) is 2. The quantitative estimate of drug-likeness (QED) is 0.248. The van der Waals surface area contributed by atoms with Crippen LogP contribution in [-0.2, 0) is 19.6 Å². The predicted octanol–water partition coefficient (Wildman–Crippen LogP) is 6.20. The fourth-order valence-corrected chi connectivity index (χ4v) is 4.87. The third kappa shape index (κ3) is 6.18. The van der Waals surface area contributed by atoms with E-state index < -0.39 is 0 Å². The van der Waals surface area contributed by atoms with Crippen molar-refractivity contribution in [2.45, 2.75) is 24.5 Å². The molecule has 6 heteroatoms. The van der Waals surface area contributed by atoms with E-state index in [1.807, 2.05) is 24.3 Å². The van der Waals surface area contributed by atoms with Gasteiger partial charge in [-0.3, -0.25) is 9.78 Å². The third-order valence-corrected chi connectivity index (χ3v) is 6.68. The first kappa shape index (κ1) is 22.9. The minimum Gasteiger partial charge on any atom is -0.350 e. The normalized spacial score (nSPS) is 11.1. The van der Waals surface area contributed by atoms with Gasteiger partial charge in [-0.05, 0) is 52.9 Å². The van der Waals surface area contributed by atoms with Crippen molar-refractivity contribution < 1.29 is 4.79 Å². The minimum absolute atomic E-state index is 0.128. The van der Waals surface area contributed by atoms with E-state index in [0.29, 0.717) is 12.2 Å². The Hall–Kier alpha value is -3.87. The Morgan fingerprint density at radius 1 is 0.829 bits per heavy atom. The first-order valence-corrected chi connectivity index (χ1v) is 12.3. The number of benzene rings is 3. The van der Waals surface area contributed by atoms with Crippen LogP contribution in [0.5, 0.6) is 0 Å². The van der Waals surface area contributed by atoms with Gasteiger partial charge < -0.3 is 10.3 Å². The predicted molar refractivity (Wildman–Crippen MR) is 142 cm³/mol. The van der Waals surface area contributed by atoms with E-state index in [1.54, 1.807) is 24.3 Å². The Balaban J connectivity index is 1.21. The maximum absolute atomic E-state index is 12.6. The van der Waals surface area contributed by atoms with E-state index in [4.69, 9.17) is 0 Å². The molecule has 5 rings (SSSR count). The first-order valence-electron chi connectivity index (χ1n) is 11.5. The van der Waals surface area contributed by atoms with Gasteiger partial charge in [-0.2, -0.15) is 0 Å². The van der Waals surface area contributed by atoms with Crippen LogP contribution in [0.2, 0.25) is 0 Å². The van der Waals surface area contributed by atoms with E-state index >= 15 is 0 Å². The average molecular weight is 479 g/mol. The third-order valence-electron chi connectivity index (χ3n) is 5.68. The first-order chi connectivity index (χ1) is 17.2. The van der Waals surface area contributed by atoms with Crippen LogP contribution in [-0.4, -0.2) is 20.2 Å². The van der Waals surface area contributed by atoms with Crippen molar-refractivity contribution in [2.24, 2.45) is 0 Å². The standard InChI is InChI=1S/C29H26N4OS/c34-29(28-17-25-19-30-16-15-27(25)32-28)31-18-22-11-13-26(14-12-22)35-33(20-23-7-3-1-4-8-23)21-24-9-5-2-6-10-24/h1-17,19,32H,18,20-21H2,(H,31,34). The summed E-state index contributed by atoms with van der Waals surface area (Å²) in [6, 6.07) is 33.1. The lowest BCUT2D eigenvalue weighted by Crippen LogP contribution is -2.23. The lowest BCUT2D eigenvalue weighted by atomic mass is 10.2. The highest BCUT2D eigenvalue weighted by atomic mass is 32.2. The summed E-state index contributed by atoms with van der Waals surface area (Å²) >= 11 is 1.75. The molecule has 0 fully saturated rings. The number of nitrogens with one attached hydrogen (secondary N) is 2. The summed E-state index contributed by atoms with van der Waals surface area (Å²) in [6.45, 7) is 2.16. The summed E-state index contributed by atoms with van der Waals surface area (Å²) in [5.74, 6) is -0.128. The Morgan fingerprint density at radius 2 is 1.49 bits per heavy atom. The van der Waals surface area contributed by atoms with Crippen molar-refractivity contribution in [2.75, 3.05) is 0 Å². The van der Waals surface area contributed by atoms with Gasteiger partial charge in [0.05, 0.1) is 0 Å². The van der Waals surface area contributed by atoms with Gasteiger partial charge in [0.1, 0.15) is 5.69 Å². The number of nitrogens with zero attached hydrogens (tertiary/aromatic N) is 2. The van der Waals surface area contributed by atoms with E-state index in [9.17, 15) is 4.79 Å². The molecule has 5 aromatic rings. The molecule has 0 radical (unpaired) electrons. The molecule has 174 valence electrons. The highest BCUT2D eigenvalue weighted by molar-refractivity contribution is 7.97. The van der Waals surface area contributed by atoms with Gasteiger partial charge in [0, 0.05) is 47.8 Å². The van der Waals surface area contributed by atoms with Crippen molar-refractivity contribution in [1.82, 2.24) is 19.6 Å². The van der Waals surface area contributed by atoms with Gasteiger partial charge in [0.2, 0.25) is 0 Å². The number of carbonyl (C=O) groups excluding carboxylic acids is 1. The molecule has 1 amide bonds. The zero-order chi connectivity index (χ0) is 23.9. The lowest BCUT2D eigenvalue weighted by molar-refractivity contribution is 0.0946. The number of aromatic amines is 1. The average Bonchev–Trinajstić information content (AvgIpc) is 3.34. The van der Waals surface area contributed by atoms with E-state index in [-0.39, 0.29) is 5.91 Å². The minimum atomic E-state index is -0.128. The summed E-state index contributed by atoms with van der Waals surface area (Å²) in [5, 5.41) is 3.92. The molecule has 2 heterocycles. The molecular formula is C29H26N4OS. The number of aromatic nitrogens is 2. The maximum Gasteiger partial charge on any atom is 0.267 e. The highest BCUT2D eigenvalue weighted by Crippen LogP contribution is 2.27. The van der Waals surface area contributed by atoms with Crippen LogP contribution >= 0.6 is 11.9 Å². The second-order valence-electron chi connectivity index (χ2n) is 8.33. The summed E-state index contributed by atoms with van der Waals surface area (Å²) < 4.78 is 2.37. The molecule has 2 N–H and O–H groups in total. The van der Waals surface area contributed by atoms with Crippen LogP contribution in [0.3, 0.4) is 0 Å². The molecule has 0 saturated carbocycles. The second-order valence-corrected chi connectivity index (χ2v) is 9.50. The number of hydrogen-bond acceptors (Lipinski definition) is 4. The summed E-state index contributed by atoms with van der Waals surface area (Å²) in [5.41, 5.74) is 5.06. The number of rotatable bonds is 9. The van der Waals surface area contributed by atoms with Crippen molar-refractivity contribution >= 4 is 28.8 Å². The number of amides is 1. The van der Waals surface area contributed by atoms with Crippen LogP contribution in [0.4, 0.5) is 0 Å². The van der Waals surface area contributed by atoms with Crippen molar-refractivity contribution in [3.8, 4) is 0 Å². The smallest absolute Gasteiger partial charge is 0.267 e. The van der Waals surface area contributed by atoms with Crippen molar-refractivity contribution in [1.29, 1.82) is 0 Å². The number of pyridine rings is 1. The molecule has 0 aliphatic heterocycles. The molecule has 0 spiro atoms. The van der Waals surface area contributed by atoms with Gasteiger partial charge in [0.15, 0.2) is 0 Å². The monoisotopic (exact) mass is 478 g/mol. The van der Waals surface area contributed by atoms with Crippen LogP contribution in [0.1, 0.15) is 27.2 Å². The van der Waals surface area contributed by atoms with E-state index in [2.05, 4.69) is 92.4 Å². The number of carbonyl (C=O) groups is 1. The second kappa shape index (κ2) is 11.0. The molecule has 0 saturated heterocycles. The molecule has 35 heavy (non-hydrogen) atoms. The number of fused-ring (bicyclic) bond motifs is 1. The summed E-state index contributed by atoms with van der Waals surface area (Å²) in [4.78, 5) is 21.0. The Kier molecular flexibility index (Phi) is 7.22. The molecule has 2 aromatic heterocycles. The Labute approximate surface area is 209 Å². The molecule has 5 nitrogen and oxygen atoms in total. The fraction of sp³-hybridized carbons (Fsp3) is 0.103. The van der Waals surface area contributed by atoms with Gasteiger partial charge in [-0.15, -0.1) is 0 Å². The molecule has 0 bridgehead atoms. The highest BCUT2D eigenvalue weighted by Gasteiger charge is 2.11. The van der Waals surface area contributed by atoms with Gasteiger partial charge in [-0.1, -0.05) is 72.8 Å². The SMILES string of the molecule is O=C(NCc1ccc(SN(Cc2ccccc2)Cc2ccccc2)cc1)c1cc2cnccc2[nH]1. The number of H-pyrrole nitrogens is 1. The topological polar surface area (TPSA) is 61.0 Å². The molecule has 0 aliphatic carbocycles. The van der Waals surface area contributed by atoms with Crippen molar-refractivity contribution in [3.05, 3.63) is 132 Å². The van der Waals surface area contributed by atoms with Gasteiger partial charge in [-0.25, -0.2) is 4.31 Å². The zero-order valence-electron chi connectivity index (χ0n) is 19.2. The van der Waals surface area contributed by atoms with Gasteiger partial charge >= 0.3 is 0 Å². The van der Waals surface area contributed by atoms with Crippen LogP contribution < -0.4 is 5.32 Å². The molecule has 0 unspecified atom stereocenters. The molecule has 3 aromatic carbocycles. The summed E-state index contributed by atoms with van der Waals surface area (Å²) in [6.07, 6.45) is 3.46. The van der Waals surface area contributed by atoms with E-state index in [0.717, 1.165) is 34.5 Å². The lowest BCUT2D eigenvalue weighted by Gasteiger charge is -2.21. The molecule has 0 aliphatic rings. The van der Waals surface area contributed by atoms with Crippen LogP contribution in [0, 0.1) is 0 Å². The Morgan fingerprint density at radius 3 is 2.11 bits per heavy atom.